The quantitative estimate of drug-likeness (QED) is 0.838. The lowest BCUT2D eigenvalue weighted by Crippen LogP contribution is -2.47. The van der Waals surface area contributed by atoms with Gasteiger partial charge in [0.15, 0.2) is 0 Å². The fourth-order valence-electron chi connectivity index (χ4n) is 3.10. The van der Waals surface area contributed by atoms with Crippen LogP contribution in [-0.2, 0) is 6.42 Å². The van der Waals surface area contributed by atoms with E-state index in [1.807, 2.05) is 30.0 Å². The van der Waals surface area contributed by atoms with Crippen molar-refractivity contribution < 1.29 is 9.53 Å². The summed E-state index contributed by atoms with van der Waals surface area (Å²) in [6, 6.07) is 9.75. The molecule has 1 aliphatic heterocycles. The van der Waals surface area contributed by atoms with Gasteiger partial charge in [0.1, 0.15) is 23.1 Å². The monoisotopic (exact) mass is 369 g/mol. The van der Waals surface area contributed by atoms with Crippen LogP contribution in [0.4, 0.5) is 5.82 Å². The molecule has 0 unspecified atom stereocenters. The summed E-state index contributed by atoms with van der Waals surface area (Å²) in [5.41, 5.74) is 1.64. The molecule has 1 aromatic carbocycles. The molecule has 2 aromatic rings. The van der Waals surface area contributed by atoms with Crippen molar-refractivity contribution in [1.29, 1.82) is 0 Å². The number of aryl methyl sites for hydroxylation is 1. The molecule has 0 aliphatic carbocycles. The van der Waals surface area contributed by atoms with Crippen molar-refractivity contribution in [3.8, 4) is 5.75 Å². The van der Waals surface area contributed by atoms with Crippen LogP contribution in [0.3, 0.4) is 0 Å². The van der Waals surface area contributed by atoms with Crippen LogP contribution in [0.5, 0.6) is 5.75 Å². The molecule has 0 radical (unpaired) electrons. The fraction of sp³-hybridized carbons (Fsp3) is 0.450. The van der Waals surface area contributed by atoms with E-state index in [1.54, 1.807) is 13.2 Å². The maximum absolute atomic E-state index is 12.8. The number of carbonyl (C=O) groups is 1. The van der Waals surface area contributed by atoms with E-state index < -0.39 is 0 Å². The number of hydrogen-bond donors (Lipinski definition) is 1. The van der Waals surface area contributed by atoms with Crippen molar-refractivity contribution in [3.05, 3.63) is 47.4 Å². The number of ether oxygens (including phenoxy) is 1. The number of anilines is 1. The number of benzene rings is 1. The first kappa shape index (κ1) is 19.1. The maximum Gasteiger partial charge on any atom is 0.272 e. The zero-order valence-electron chi connectivity index (χ0n) is 16.2. The second-order valence-electron chi connectivity index (χ2n) is 6.81. The van der Waals surface area contributed by atoms with Crippen LogP contribution < -0.4 is 10.1 Å². The molecule has 7 nitrogen and oxygen atoms in total. The van der Waals surface area contributed by atoms with Gasteiger partial charge in [-0.15, -0.1) is 0 Å². The van der Waals surface area contributed by atoms with Gasteiger partial charge in [-0.05, 0) is 38.1 Å². The molecule has 1 aliphatic rings. The lowest BCUT2D eigenvalue weighted by Gasteiger charge is -2.32. The van der Waals surface area contributed by atoms with Crippen LogP contribution in [0.25, 0.3) is 0 Å². The number of piperazine rings is 1. The number of amides is 1. The minimum atomic E-state index is -0.0237. The lowest BCUT2D eigenvalue weighted by atomic mass is 10.1. The van der Waals surface area contributed by atoms with Gasteiger partial charge >= 0.3 is 0 Å². The van der Waals surface area contributed by atoms with E-state index in [1.165, 1.54) is 5.56 Å². The predicted octanol–water partition coefficient (Wildman–Crippen LogP) is 1.84. The molecular formula is C20H27N5O2. The van der Waals surface area contributed by atoms with E-state index >= 15 is 0 Å². The van der Waals surface area contributed by atoms with Gasteiger partial charge in [0.05, 0.1) is 7.11 Å². The van der Waals surface area contributed by atoms with E-state index in [-0.39, 0.29) is 5.91 Å². The van der Waals surface area contributed by atoms with Crippen LogP contribution in [0.2, 0.25) is 0 Å². The summed E-state index contributed by atoms with van der Waals surface area (Å²) in [6.45, 7) is 5.77. The van der Waals surface area contributed by atoms with Crippen molar-refractivity contribution in [1.82, 2.24) is 19.8 Å². The molecule has 0 atom stereocenters. The van der Waals surface area contributed by atoms with Crippen LogP contribution in [0.15, 0.2) is 30.3 Å². The van der Waals surface area contributed by atoms with Crippen molar-refractivity contribution in [2.45, 2.75) is 13.3 Å². The third-order valence-electron chi connectivity index (χ3n) is 4.70. The lowest BCUT2D eigenvalue weighted by molar-refractivity contribution is 0.0658. The number of methoxy groups -OCH3 is 1. The standard InChI is InChI=1S/C20H27N5O2/c1-15-22-18(20(26)25-11-9-24(2)10-12-25)14-19(23-15)21-8-7-16-5-4-6-17(13-16)27-3/h4-6,13-14H,7-12H2,1-3H3,(H,21,22,23). The normalized spacial score (nSPS) is 14.9. The summed E-state index contributed by atoms with van der Waals surface area (Å²) in [7, 11) is 3.74. The molecule has 1 N–H and O–H groups in total. The van der Waals surface area contributed by atoms with Crippen molar-refractivity contribution >= 4 is 11.7 Å². The minimum Gasteiger partial charge on any atom is -0.497 e. The van der Waals surface area contributed by atoms with Crippen molar-refractivity contribution in [2.24, 2.45) is 0 Å². The van der Waals surface area contributed by atoms with Crippen LogP contribution in [-0.4, -0.2) is 72.6 Å². The van der Waals surface area contributed by atoms with Gasteiger partial charge in [0.25, 0.3) is 5.91 Å². The molecule has 0 spiro atoms. The summed E-state index contributed by atoms with van der Waals surface area (Å²) >= 11 is 0. The number of rotatable bonds is 6. The second-order valence-corrected chi connectivity index (χ2v) is 6.81. The zero-order valence-corrected chi connectivity index (χ0v) is 16.2. The molecule has 0 saturated carbocycles. The van der Waals surface area contributed by atoms with Gasteiger partial charge in [0, 0.05) is 38.8 Å². The van der Waals surface area contributed by atoms with Crippen molar-refractivity contribution in [2.75, 3.05) is 52.2 Å². The van der Waals surface area contributed by atoms with Crippen LogP contribution in [0.1, 0.15) is 21.9 Å². The highest BCUT2D eigenvalue weighted by atomic mass is 16.5. The Balaban J connectivity index is 1.62. The molecule has 3 rings (SSSR count). The molecule has 1 aromatic heterocycles. The molecule has 1 amide bonds. The molecule has 1 fully saturated rings. The summed E-state index contributed by atoms with van der Waals surface area (Å²) < 4.78 is 5.26. The van der Waals surface area contributed by atoms with Crippen LogP contribution in [0, 0.1) is 6.92 Å². The summed E-state index contributed by atoms with van der Waals surface area (Å²) in [5, 5.41) is 3.31. The largest absolute Gasteiger partial charge is 0.497 e. The third kappa shape index (κ3) is 5.17. The molecule has 7 heteroatoms. The molecule has 1 saturated heterocycles. The fourth-order valence-corrected chi connectivity index (χ4v) is 3.10. The van der Waals surface area contributed by atoms with E-state index in [0.29, 0.717) is 23.9 Å². The third-order valence-corrected chi connectivity index (χ3v) is 4.70. The Morgan fingerprint density at radius 2 is 1.96 bits per heavy atom. The number of nitrogens with zero attached hydrogens (tertiary/aromatic N) is 4. The van der Waals surface area contributed by atoms with Crippen LogP contribution >= 0.6 is 0 Å². The summed E-state index contributed by atoms with van der Waals surface area (Å²) in [5.74, 6) is 2.11. The number of carbonyl (C=O) groups excluding carboxylic acids is 1. The Labute approximate surface area is 160 Å². The Kier molecular flexibility index (Phi) is 6.24. The van der Waals surface area contributed by atoms with Gasteiger partial charge in [-0.3, -0.25) is 4.79 Å². The van der Waals surface area contributed by atoms with Gasteiger partial charge < -0.3 is 19.9 Å². The number of nitrogens with one attached hydrogen (secondary N) is 1. The smallest absolute Gasteiger partial charge is 0.272 e. The van der Waals surface area contributed by atoms with Gasteiger partial charge in [-0.2, -0.15) is 0 Å². The summed E-state index contributed by atoms with van der Waals surface area (Å²) in [6.07, 6.45) is 0.835. The highest BCUT2D eigenvalue weighted by Crippen LogP contribution is 2.14. The van der Waals surface area contributed by atoms with E-state index in [4.69, 9.17) is 4.74 Å². The number of likely N-dealkylation sites (N-methyl/N-ethyl adjacent to an activating group) is 1. The molecule has 144 valence electrons. The zero-order chi connectivity index (χ0) is 19.2. The Bertz CT molecular complexity index is 788. The first-order valence-electron chi connectivity index (χ1n) is 9.25. The first-order chi connectivity index (χ1) is 13.0. The Morgan fingerprint density at radius 3 is 2.70 bits per heavy atom. The molecule has 0 bridgehead atoms. The van der Waals surface area contributed by atoms with Gasteiger partial charge in [-0.25, -0.2) is 9.97 Å². The topological polar surface area (TPSA) is 70.6 Å². The van der Waals surface area contributed by atoms with Crippen molar-refractivity contribution in [3.63, 3.8) is 0 Å². The Hall–Kier alpha value is -2.67. The van der Waals surface area contributed by atoms with E-state index in [0.717, 1.165) is 38.3 Å². The average Bonchev–Trinajstić information content (AvgIpc) is 2.68. The van der Waals surface area contributed by atoms with Gasteiger partial charge in [-0.1, -0.05) is 12.1 Å². The molecule has 27 heavy (non-hydrogen) atoms. The SMILES string of the molecule is COc1cccc(CCNc2cc(C(=O)N3CCN(C)CC3)nc(C)n2)c1. The van der Waals surface area contributed by atoms with E-state index in [9.17, 15) is 4.79 Å². The summed E-state index contributed by atoms with van der Waals surface area (Å²) in [4.78, 5) is 25.6. The second kappa shape index (κ2) is 8.81. The minimum absolute atomic E-state index is 0.0237. The van der Waals surface area contributed by atoms with Gasteiger partial charge in [0.2, 0.25) is 0 Å². The highest BCUT2D eigenvalue weighted by molar-refractivity contribution is 5.93. The molecule has 2 heterocycles. The number of hydrogen-bond acceptors (Lipinski definition) is 6. The number of aromatic nitrogens is 2. The average molecular weight is 369 g/mol. The Morgan fingerprint density at radius 1 is 1.19 bits per heavy atom. The molecular weight excluding hydrogens is 342 g/mol. The first-order valence-corrected chi connectivity index (χ1v) is 9.25. The van der Waals surface area contributed by atoms with E-state index in [2.05, 4.69) is 33.3 Å². The maximum atomic E-state index is 12.8. The predicted molar refractivity (Wildman–Crippen MR) is 105 cm³/mol. The highest BCUT2D eigenvalue weighted by Gasteiger charge is 2.22.